The fourth-order valence-electron chi connectivity index (χ4n) is 8.71. The Morgan fingerprint density at radius 1 is 1.10 bits per heavy atom. The Labute approximate surface area is 297 Å². The van der Waals surface area contributed by atoms with Crippen LogP contribution in [0.5, 0.6) is 6.01 Å². The molecular formula is C36H40F2N8O4S. The van der Waals surface area contributed by atoms with E-state index in [0.29, 0.717) is 29.9 Å². The number of aliphatic hydroxyl groups excluding tert-OH is 1. The number of hydrogen-bond donors (Lipinski definition) is 2. The summed E-state index contributed by atoms with van der Waals surface area (Å²) >= 11 is 0.948. The third kappa shape index (κ3) is 5.67. The molecule has 0 spiro atoms. The lowest BCUT2D eigenvalue weighted by molar-refractivity contribution is 0.0231. The predicted molar refractivity (Wildman–Crippen MR) is 188 cm³/mol. The topological polar surface area (TPSA) is 146 Å². The molecular weight excluding hydrogens is 679 g/mol. The van der Waals surface area contributed by atoms with Gasteiger partial charge in [-0.3, -0.25) is 14.8 Å². The number of nitrogen functional groups attached to an aromatic ring is 1. The minimum Gasteiger partial charge on any atom is -0.463 e. The number of ether oxygens (including phenoxy) is 3. The highest BCUT2D eigenvalue weighted by molar-refractivity contribution is 7.23. The summed E-state index contributed by atoms with van der Waals surface area (Å²) in [6.45, 7) is 8.72. The van der Waals surface area contributed by atoms with E-state index in [4.69, 9.17) is 29.9 Å². The van der Waals surface area contributed by atoms with Gasteiger partial charge < -0.3 is 30.0 Å². The normalized spacial score (nSPS) is 23.5. The summed E-state index contributed by atoms with van der Waals surface area (Å²) in [5.41, 5.74) is 7.88. The first-order valence-electron chi connectivity index (χ1n) is 17.7. The molecule has 268 valence electrons. The van der Waals surface area contributed by atoms with Crippen LogP contribution < -0.4 is 15.4 Å². The average molecular weight is 719 g/mol. The van der Waals surface area contributed by atoms with Crippen molar-refractivity contribution in [3.63, 3.8) is 0 Å². The average Bonchev–Trinajstić information content (AvgIpc) is 3.40. The van der Waals surface area contributed by atoms with Crippen LogP contribution in [-0.4, -0.2) is 107 Å². The number of nitrogens with zero attached hydrogens (tertiary/aromatic N) is 7. The first-order valence-corrected chi connectivity index (χ1v) is 18.6. The zero-order valence-corrected chi connectivity index (χ0v) is 29.3. The summed E-state index contributed by atoms with van der Waals surface area (Å²) < 4.78 is 50.7. The zero-order chi connectivity index (χ0) is 35.0. The molecule has 12 nitrogen and oxygen atoms in total. The van der Waals surface area contributed by atoms with E-state index in [-0.39, 0.29) is 74.1 Å². The number of β-amino-alcohol motifs (C(OH)–C–C–N with tert-alkyl or cyclic N) is 1. The summed E-state index contributed by atoms with van der Waals surface area (Å²) in [6.07, 6.45) is 4.55. The monoisotopic (exact) mass is 718 g/mol. The number of rotatable bonds is 9. The van der Waals surface area contributed by atoms with Crippen LogP contribution in [0.2, 0.25) is 0 Å². The summed E-state index contributed by atoms with van der Waals surface area (Å²) in [4.78, 5) is 21.3. The van der Waals surface area contributed by atoms with E-state index in [1.807, 2.05) is 0 Å². The van der Waals surface area contributed by atoms with Gasteiger partial charge in [-0.1, -0.05) is 0 Å². The third-order valence-electron chi connectivity index (χ3n) is 11.3. The standard InChI is InChI=1S/C36H40F2N8O4S/c1-19(47)12-45-13-20-2-3-21(14-45)46(20)34-28-24-16-49-15-23(24)26(30-27-22(10-39)33(40)51-32(27)25(37)11-41-30)29(38)31(28)42-35(43-34)50-18-36(4-5-36)17-44-6-8-48-9-7-44/h11,19-21,47H,2-9,12-18,40H2,1H3/t19-,20?,21?/m1/s1. The van der Waals surface area contributed by atoms with Crippen molar-refractivity contribution < 1.29 is 28.1 Å². The third-order valence-corrected chi connectivity index (χ3v) is 12.3. The number of fused-ring (bicyclic) bond motifs is 6. The van der Waals surface area contributed by atoms with E-state index in [1.54, 1.807) is 6.92 Å². The lowest BCUT2D eigenvalue weighted by Gasteiger charge is -2.42. The van der Waals surface area contributed by atoms with Crippen LogP contribution in [-0.2, 0) is 22.7 Å². The number of nitriles is 1. The number of anilines is 2. The summed E-state index contributed by atoms with van der Waals surface area (Å²) in [5, 5.41) is 21.1. The Hall–Kier alpha value is -3.78. The number of thiophene rings is 1. The number of aliphatic hydroxyl groups is 1. The van der Waals surface area contributed by atoms with Crippen molar-refractivity contribution in [3.8, 4) is 23.3 Å². The van der Waals surface area contributed by atoms with Gasteiger partial charge in [0, 0.05) is 67.7 Å². The molecule has 3 aromatic heterocycles. The molecule has 51 heavy (non-hydrogen) atoms. The van der Waals surface area contributed by atoms with Crippen LogP contribution >= 0.6 is 11.3 Å². The maximum absolute atomic E-state index is 17.5. The van der Waals surface area contributed by atoms with Crippen LogP contribution in [0.1, 0.15) is 49.3 Å². The predicted octanol–water partition coefficient (Wildman–Crippen LogP) is 4.19. The number of halogens is 2. The quantitative estimate of drug-likeness (QED) is 0.256. The fourth-order valence-corrected chi connectivity index (χ4v) is 9.63. The molecule has 3 atom stereocenters. The van der Waals surface area contributed by atoms with Gasteiger partial charge in [-0.15, -0.1) is 11.3 Å². The maximum Gasteiger partial charge on any atom is 0.319 e. The van der Waals surface area contributed by atoms with Gasteiger partial charge in [0.25, 0.3) is 0 Å². The van der Waals surface area contributed by atoms with Crippen LogP contribution in [0, 0.1) is 28.4 Å². The first kappa shape index (κ1) is 33.1. The Balaban J connectivity index is 1.19. The Morgan fingerprint density at radius 3 is 2.55 bits per heavy atom. The van der Waals surface area contributed by atoms with Crippen molar-refractivity contribution in [2.24, 2.45) is 5.41 Å². The number of morpholine rings is 1. The molecule has 7 heterocycles. The van der Waals surface area contributed by atoms with Gasteiger partial charge in [0.1, 0.15) is 22.4 Å². The van der Waals surface area contributed by atoms with Crippen molar-refractivity contribution in [2.75, 3.05) is 69.7 Å². The van der Waals surface area contributed by atoms with Gasteiger partial charge in [0.2, 0.25) is 0 Å². The molecule has 1 aromatic carbocycles. The molecule has 0 radical (unpaired) electrons. The lowest BCUT2D eigenvalue weighted by Crippen LogP contribution is -2.55. The number of piperazine rings is 1. The molecule has 4 aliphatic heterocycles. The van der Waals surface area contributed by atoms with E-state index in [2.05, 4.69) is 25.8 Å². The van der Waals surface area contributed by atoms with Crippen LogP contribution in [0.4, 0.5) is 19.6 Å². The van der Waals surface area contributed by atoms with Gasteiger partial charge >= 0.3 is 6.01 Å². The first-order chi connectivity index (χ1) is 24.7. The number of likely N-dealkylation sites (tertiary alicyclic amines) is 1. The molecule has 2 unspecified atom stereocenters. The molecule has 1 aliphatic carbocycles. The summed E-state index contributed by atoms with van der Waals surface area (Å²) in [6, 6.07) is 2.40. The number of aromatic nitrogens is 3. The summed E-state index contributed by atoms with van der Waals surface area (Å²) in [7, 11) is 0. The SMILES string of the molecule is C[C@@H](O)CN1CC2CCC(C1)N2c1nc(OCC2(CN3CCOCC3)CC2)nc2c(F)c(-c3ncc(F)c4sc(N)c(C#N)c34)c3c(c12)COC3. The molecule has 5 aliphatic rings. The number of benzene rings is 1. The van der Waals surface area contributed by atoms with Crippen molar-refractivity contribution in [2.45, 2.75) is 64.0 Å². The van der Waals surface area contributed by atoms with E-state index in [1.165, 1.54) is 0 Å². The largest absolute Gasteiger partial charge is 0.463 e. The van der Waals surface area contributed by atoms with E-state index >= 15 is 8.78 Å². The molecule has 9 rings (SSSR count). The van der Waals surface area contributed by atoms with Gasteiger partial charge in [0.05, 0.1) is 66.7 Å². The van der Waals surface area contributed by atoms with E-state index in [9.17, 15) is 10.4 Å². The van der Waals surface area contributed by atoms with Crippen LogP contribution in [0.15, 0.2) is 6.20 Å². The second kappa shape index (κ2) is 12.7. The van der Waals surface area contributed by atoms with Crippen molar-refractivity contribution in [3.05, 3.63) is 34.5 Å². The molecule has 4 aromatic rings. The molecule has 3 saturated heterocycles. The number of pyridine rings is 1. The smallest absolute Gasteiger partial charge is 0.319 e. The molecule has 4 fully saturated rings. The maximum atomic E-state index is 17.5. The number of nitrogens with two attached hydrogens (primary N) is 1. The minimum atomic E-state index is -0.647. The van der Waals surface area contributed by atoms with Gasteiger partial charge in [-0.2, -0.15) is 15.2 Å². The molecule has 1 saturated carbocycles. The van der Waals surface area contributed by atoms with E-state index in [0.717, 1.165) is 94.7 Å². The Bertz CT molecular complexity index is 2060. The van der Waals surface area contributed by atoms with Crippen molar-refractivity contribution in [1.29, 1.82) is 5.26 Å². The van der Waals surface area contributed by atoms with Gasteiger partial charge in [-0.05, 0) is 43.7 Å². The second-order valence-corrected chi connectivity index (χ2v) is 15.9. The van der Waals surface area contributed by atoms with Gasteiger partial charge in [-0.25, -0.2) is 8.78 Å². The summed E-state index contributed by atoms with van der Waals surface area (Å²) in [5.74, 6) is -0.650. The highest BCUT2D eigenvalue weighted by Gasteiger charge is 2.46. The highest BCUT2D eigenvalue weighted by Crippen LogP contribution is 2.49. The Morgan fingerprint density at radius 2 is 1.84 bits per heavy atom. The van der Waals surface area contributed by atoms with Crippen molar-refractivity contribution >= 4 is 43.1 Å². The fraction of sp³-hybridized carbons (Fsp3) is 0.556. The second-order valence-electron chi connectivity index (χ2n) is 14.8. The zero-order valence-electron chi connectivity index (χ0n) is 28.5. The minimum absolute atomic E-state index is 0.0207. The number of hydrogen-bond acceptors (Lipinski definition) is 13. The highest BCUT2D eigenvalue weighted by atomic mass is 32.1. The van der Waals surface area contributed by atoms with Crippen molar-refractivity contribution in [1.82, 2.24) is 24.8 Å². The Kier molecular flexibility index (Phi) is 8.25. The van der Waals surface area contributed by atoms with Crippen LogP contribution in [0.25, 0.3) is 32.2 Å². The van der Waals surface area contributed by atoms with Gasteiger partial charge in [0.15, 0.2) is 11.6 Å². The van der Waals surface area contributed by atoms with E-state index < -0.39 is 17.7 Å². The molecule has 0 amide bonds. The molecule has 2 bridgehead atoms. The lowest BCUT2D eigenvalue weighted by atomic mass is 9.93. The molecule has 15 heteroatoms. The molecule has 3 N–H and O–H groups in total. The van der Waals surface area contributed by atoms with Crippen LogP contribution in [0.3, 0.4) is 0 Å².